The fourth-order valence-corrected chi connectivity index (χ4v) is 5.02. The summed E-state index contributed by atoms with van der Waals surface area (Å²) in [4.78, 5) is 42.5. The van der Waals surface area contributed by atoms with Crippen molar-refractivity contribution in [3.05, 3.63) is 69.4 Å². The third kappa shape index (κ3) is 3.91. The van der Waals surface area contributed by atoms with E-state index >= 15 is 0 Å². The van der Waals surface area contributed by atoms with E-state index in [0.717, 1.165) is 20.5 Å². The lowest BCUT2D eigenvalue weighted by atomic mass is 9.88. The molecule has 160 valence electrons. The highest BCUT2D eigenvalue weighted by molar-refractivity contribution is 7.16. The van der Waals surface area contributed by atoms with Crippen LogP contribution in [-0.2, 0) is 21.7 Å². The molecule has 0 saturated carbocycles. The fourth-order valence-electron chi connectivity index (χ4n) is 3.92. The predicted molar refractivity (Wildman–Crippen MR) is 122 cm³/mol. The lowest BCUT2D eigenvalue weighted by Gasteiger charge is -2.25. The second kappa shape index (κ2) is 8.32. The number of fused-ring (bicyclic) bond motifs is 1. The molecular weight excluding hydrogens is 434 g/mol. The summed E-state index contributed by atoms with van der Waals surface area (Å²) in [6, 6.07) is 16.5. The van der Waals surface area contributed by atoms with Crippen LogP contribution in [-0.4, -0.2) is 40.7 Å². The number of nitrogens with one attached hydrogen (secondary N) is 1. The molecule has 0 unspecified atom stereocenters. The Hall–Kier alpha value is -2.90. The summed E-state index contributed by atoms with van der Waals surface area (Å²) in [5.41, 5.74) is -0.532. The molecule has 1 aromatic heterocycles. The fraction of sp³-hybridized carbons (Fsp3) is 0.261. The number of carbonyl (C=O) groups excluding carboxylic acids is 3. The molecule has 1 N–H and O–H groups in total. The highest BCUT2D eigenvalue weighted by atomic mass is 35.5. The molecule has 4 amide bonds. The number of hydrogen-bond donors (Lipinski definition) is 1. The Morgan fingerprint density at radius 3 is 2.58 bits per heavy atom. The summed E-state index contributed by atoms with van der Waals surface area (Å²) in [5.74, 6) is -0.727. The highest BCUT2D eigenvalue weighted by Crippen LogP contribution is 2.34. The van der Waals surface area contributed by atoms with Crippen LogP contribution in [0.25, 0.3) is 10.8 Å². The van der Waals surface area contributed by atoms with Gasteiger partial charge in [-0.05, 0) is 42.3 Å². The van der Waals surface area contributed by atoms with Crippen molar-refractivity contribution in [2.75, 3.05) is 13.1 Å². The summed E-state index contributed by atoms with van der Waals surface area (Å²) in [5, 5.41) is 4.67. The molecule has 6 nitrogen and oxygen atoms in total. The Kier molecular flexibility index (Phi) is 5.73. The monoisotopic (exact) mass is 455 g/mol. The summed E-state index contributed by atoms with van der Waals surface area (Å²) in [6.07, 6.45) is 0. The Morgan fingerprint density at radius 2 is 1.87 bits per heavy atom. The van der Waals surface area contributed by atoms with Gasteiger partial charge in [0.25, 0.3) is 5.91 Å². The van der Waals surface area contributed by atoms with Crippen LogP contribution in [0.1, 0.15) is 24.3 Å². The van der Waals surface area contributed by atoms with Gasteiger partial charge in [-0.2, -0.15) is 0 Å². The van der Waals surface area contributed by atoms with Crippen LogP contribution in [0.2, 0.25) is 4.34 Å². The molecule has 0 radical (unpaired) electrons. The van der Waals surface area contributed by atoms with Crippen molar-refractivity contribution in [2.24, 2.45) is 0 Å². The Bertz CT molecular complexity index is 1170. The van der Waals surface area contributed by atoms with Gasteiger partial charge in [-0.3, -0.25) is 14.5 Å². The number of rotatable bonds is 6. The second-order valence-electron chi connectivity index (χ2n) is 7.59. The van der Waals surface area contributed by atoms with Gasteiger partial charge in [-0.25, -0.2) is 4.79 Å². The van der Waals surface area contributed by atoms with Crippen molar-refractivity contribution in [1.29, 1.82) is 0 Å². The van der Waals surface area contributed by atoms with Crippen molar-refractivity contribution in [3.8, 4) is 0 Å². The van der Waals surface area contributed by atoms with E-state index in [1.807, 2.05) is 55.5 Å². The molecule has 4 rings (SSSR count). The van der Waals surface area contributed by atoms with E-state index in [1.165, 1.54) is 11.3 Å². The number of carbonyl (C=O) groups is 3. The van der Waals surface area contributed by atoms with Gasteiger partial charge >= 0.3 is 6.03 Å². The Balaban J connectivity index is 1.57. The minimum atomic E-state index is -1.24. The number of nitrogens with zero attached hydrogens (tertiary/aromatic N) is 2. The van der Waals surface area contributed by atoms with Gasteiger partial charge < -0.3 is 10.2 Å². The van der Waals surface area contributed by atoms with Crippen LogP contribution in [0.15, 0.2) is 54.6 Å². The van der Waals surface area contributed by atoms with Crippen LogP contribution in [0, 0.1) is 0 Å². The zero-order chi connectivity index (χ0) is 22.2. The van der Waals surface area contributed by atoms with Crippen molar-refractivity contribution >= 4 is 51.6 Å². The predicted octanol–water partition coefficient (Wildman–Crippen LogP) is 4.37. The number of amides is 4. The van der Waals surface area contributed by atoms with Gasteiger partial charge in [0.15, 0.2) is 0 Å². The molecule has 2 heterocycles. The van der Waals surface area contributed by atoms with Crippen molar-refractivity contribution in [3.63, 3.8) is 0 Å². The first-order valence-corrected chi connectivity index (χ1v) is 11.2. The van der Waals surface area contributed by atoms with Gasteiger partial charge in [0, 0.05) is 11.4 Å². The second-order valence-corrected chi connectivity index (χ2v) is 9.39. The quantitative estimate of drug-likeness (QED) is 0.561. The Labute approximate surface area is 189 Å². The molecule has 1 fully saturated rings. The van der Waals surface area contributed by atoms with Gasteiger partial charge in [0.05, 0.1) is 10.9 Å². The minimum absolute atomic E-state index is 0.294. The largest absolute Gasteiger partial charge is 0.336 e. The average molecular weight is 456 g/mol. The Morgan fingerprint density at radius 1 is 1.13 bits per heavy atom. The van der Waals surface area contributed by atoms with Gasteiger partial charge in [0.2, 0.25) is 5.91 Å². The molecule has 1 saturated heterocycles. The molecule has 31 heavy (non-hydrogen) atoms. The summed E-state index contributed by atoms with van der Waals surface area (Å²) < 4.78 is 0.651. The van der Waals surface area contributed by atoms with E-state index < -0.39 is 17.5 Å². The number of likely N-dealkylation sites (N-methyl/N-ethyl adjacent to an activating group) is 1. The molecule has 0 aliphatic carbocycles. The number of benzene rings is 2. The zero-order valence-corrected chi connectivity index (χ0v) is 18.8. The van der Waals surface area contributed by atoms with Crippen LogP contribution >= 0.6 is 22.9 Å². The first-order chi connectivity index (χ1) is 14.8. The SMILES string of the molecule is CCN(Cc1ccc(Cl)s1)C(=O)CN1C(=O)N[C@](C)(c2cccc3ccccc23)C1=O. The maximum absolute atomic E-state index is 13.3. The van der Waals surface area contributed by atoms with Crippen molar-refractivity contribution in [2.45, 2.75) is 25.9 Å². The smallest absolute Gasteiger partial charge is 0.325 e. The third-order valence-electron chi connectivity index (χ3n) is 5.61. The van der Waals surface area contributed by atoms with E-state index in [1.54, 1.807) is 17.9 Å². The lowest BCUT2D eigenvalue weighted by molar-refractivity contribution is -0.139. The van der Waals surface area contributed by atoms with Crippen LogP contribution < -0.4 is 5.32 Å². The van der Waals surface area contributed by atoms with E-state index in [2.05, 4.69) is 5.32 Å². The maximum atomic E-state index is 13.3. The minimum Gasteiger partial charge on any atom is -0.336 e. The van der Waals surface area contributed by atoms with Crippen LogP contribution in [0.4, 0.5) is 4.79 Å². The van der Waals surface area contributed by atoms with Gasteiger partial charge in [-0.1, -0.05) is 54.1 Å². The molecule has 1 aliphatic rings. The van der Waals surface area contributed by atoms with Gasteiger partial charge in [-0.15, -0.1) is 11.3 Å². The maximum Gasteiger partial charge on any atom is 0.325 e. The lowest BCUT2D eigenvalue weighted by Crippen LogP contribution is -2.44. The molecule has 0 bridgehead atoms. The number of thiophene rings is 1. The summed E-state index contributed by atoms with van der Waals surface area (Å²) in [7, 11) is 0. The van der Waals surface area contributed by atoms with Gasteiger partial charge in [0.1, 0.15) is 12.1 Å². The number of urea groups is 1. The normalized spacial score (nSPS) is 18.5. The van der Waals surface area contributed by atoms with Crippen LogP contribution in [0.5, 0.6) is 0 Å². The first kappa shape index (κ1) is 21.3. The highest BCUT2D eigenvalue weighted by Gasteiger charge is 2.50. The molecule has 2 aromatic carbocycles. The molecular formula is C23H22ClN3O3S. The number of halogens is 1. The molecule has 1 atom stereocenters. The van der Waals surface area contributed by atoms with E-state index in [4.69, 9.17) is 11.6 Å². The molecule has 1 aliphatic heterocycles. The summed E-state index contributed by atoms with van der Waals surface area (Å²) >= 11 is 7.39. The third-order valence-corrected chi connectivity index (χ3v) is 6.82. The van der Waals surface area contributed by atoms with E-state index in [0.29, 0.717) is 23.0 Å². The molecule has 8 heteroatoms. The first-order valence-electron chi connectivity index (χ1n) is 9.98. The molecule has 3 aromatic rings. The average Bonchev–Trinajstić information content (AvgIpc) is 3.27. The van der Waals surface area contributed by atoms with E-state index in [9.17, 15) is 14.4 Å². The topological polar surface area (TPSA) is 69.7 Å². The standard InChI is InChI=1S/C23H22ClN3O3S/c1-3-26(13-16-11-12-19(24)31-16)20(28)14-27-21(29)23(2,25-22(27)30)18-10-6-8-15-7-4-5-9-17(15)18/h4-12H,3,13-14H2,1-2H3,(H,25,30)/t23-/m1/s1. The number of hydrogen-bond acceptors (Lipinski definition) is 4. The van der Waals surface area contributed by atoms with Crippen molar-refractivity contribution < 1.29 is 14.4 Å². The van der Waals surface area contributed by atoms with Crippen molar-refractivity contribution in [1.82, 2.24) is 15.1 Å². The zero-order valence-electron chi connectivity index (χ0n) is 17.2. The summed E-state index contributed by atoms with van der Waals surface area (Å²) in [6.45, 7) is 4.08. The molecule has 0 spiro atoms. The van der Waals surface area contributed by atoms with E-state index in [-0.39, 0.29) is 12.5 Å². The number of imide groups is 1. The van der Waals surface area contributed by atoms with Crippen LogP contribution in [0.3, 0.4) is 0 Å².